The topological polar surface area (TPSA) is 76.2 Å². The highest BCUT2D eigenvalue weighted by molar-refractivity contribution is 7.80. The molecular formula is C10H14N2O2S. The number of nitrogen functional groups attached to an aromatic ring is 1. The number of pyridine rings is 1. The summed E-state index contributed by atoms with van der Waals surface area (Å²) in [5.74, 6) is -0.535. The number of carbonyl (C=O) groups is 1. The number of rotatable bonds is 4. The van der Waals surface area contributed by atoms with Crippen LogP contribution in [-0.2, 0) is 11.2 Å². The van der Waals surface area contributed by atoms with Gasteiger partial charge in [-0.15, -0.1) is 0 Å². The Bertz CT molecular complexity index is 368. The smallest absolute Gasteiger partial charge is 0.307 e. The van der Waals surface area contributed by atoms with Crippen molar-refractivity contribution in [2.75, 3.05) is 11.5 Å². The number of aromatic nitrogens is 1. The molecule has 0 aliphatic rings. The third kappa shape index (κ3) is 3.13. The number of carboxylic acids is 1. The average Bonchev–Trinajstić information content (AvgIpc) is 2.16. The maximum absolute atomic E-state index is 10.8. The van der Waals surface area contributed by atoms with Gasteiger partial charge in [0.1, 0.15) is 5.82 Å². The number of hydrogen-bond donors (Lipinski definition) is 3. The van der Waals surface area contributed by atoms with Crippen molar-refractivity contribution < 1.29 is 9.90 Å². The highest BCUT2D eigenvalue weighted by atomic mass is 32.1. The summed E-state index contributed by atoms with van der Waals surface area (Å²) in [6.07, 6.45) is 2.07. The predicted octanol–water partition coefficient (Wildman–Crippen LogP) is 1.15. The molecule has 1 atom stereocenters. The summed E-state index contributed by atoms with van der Waals surface area (Å²) >= 11 is 4.01. The minimum Gasteiger partial charge on any atom is -0.481 e. The number of nitrogens with two attached hydrogens (primary N) is 1. The van der Waals surface area contributed by atoms with Crippen molar-refractivity contribution in [3.63, 3.8) is 0 Å². The molecule has 0 spiro atoms. The Morgan fingerprint density at radius 3 is 2.87 bits per heavy atom. The van der Waals surface area contributed by atoms with E-state index < -0.39 is 11.9 Å². The monoisotopic (exact) mass is 226 g/mol. The third-order valence-corrected chi connectivity index (χ3v) is 2.72. The quantitative estimate of drug-likeness (QED) is 0.673. The Labute approximate surface area is 93.9 Å². The highest BCUT2D eigenvalue weighted by Gasteiger charge is 2.17. The van der Waals surface area contributed by atoms with Crippen LogP contribution in [0.25, 0.3) is 0 Å². The number of nitrogens with zero attached hydrogens (tertiary/aromatic N) is 1. The molecule has 4 nitrogen and oxygen atoms in total. The molecule has 0 saturated carbocycles. The lowest BCUT2D eigenvalue weighted by atomic mass is 9.99. The second-order valence-electron chi connectivity index (χ2n) is 3.46. The summed E-state index contributed by atoms with van der Waals surface area (Å²) in [5.41, 5.74) is 7.38. The lowest BCUT2D eigenvalue weighted by molar-refractivity contribution is -0.140. The van der Waals surface area contributed by atoms with Crippen LogP contribution >= 0.6 is 12.6 Å². The highest BCUT2D eigenvalue weighted by Crippen LogP contribution is 2.15. The standard InChI is InChI=1S/C10H14N2O2S/c1-6-2-9(11)12-4-7(6)3-8(5-15)10(13)14/h2,4,8,15H,3,5H2,1H3,(H2,11,12)(H,13,14). The van der Waals surface area contributed by atoms with Crippen LogP contribution in [0.1, 0.15) is 11.1 Å². The first-order valence-electron chi connectivity index (χ1n) is 4.59. The fourth-order valence-electron chi connectivity index (χ4n) is 1.32. The predicted molar refractivity (Wildman–Crippen MR) is 62.1 cm³/mol. The van der Waals surface area contributed by atoms with Gasteiger partial charge in [0.15, 0.2) is 0 Å². The summed E-state index contributed by atoms with van der Waals surface area (Å²) < 4.78 is 0. The molecule has 1 aromatic heterocycles. The maximum atomic E-state index is 10.8. The van der Waals surface area contributed by atoms with Crippen molar-refractivity contribution in [3.8, 4) is 0 Å². The lowest BCUT2D eigenvalue weighted by Crippen LogP contribution is -2.18. The van der Waals surface area contributed by atoms with Crippen LogP contribution in [0.2, 0.25) is 0 Å². The van der Waals surface area contributed by atoms with Crippen molar-refractivity contribution in [2.45, 2.75) is 13.3 Å². The number of carboxylic acid groups (broad SMARTS) is 1. The van der Waals surface area contributed by atoms with Crippen LogP contribution < -0.4 is 5.73 Å². The molecule has 0 saturated heterocycles. The van der Waals surface area contributed by atoms with E-state index in [4.69, 9.17) is 10.8 Å². The van der Waals surface area contributed by atoms with Gasteiger partial charge in [0.05, 0.1) is 5.92 Å². The molecule has 0 fully saturated rings. The SMILES string of the molecule is Cc1cc(N)ncc1CC(CS)C(=O)O. The van der Waals surface area contributed by atoms with Crippen molar-refractivity contribution >= 4 is 24.4 Å². The van der Waals surface area contributed by atoms with Crippen molar-refractivity contribution in [3.05, 3.63) is 23.4 Å². The van der Waals surface area contributed by atoms with Gasteiger partial charge >= 0.3 is 5.97 Å². The zero-order chi connectivity index (χ0) is 11.4. The van der Waals surface area contributed by atoms with E-state index in [1.54, 1.807) is 12.3 Å². The van der Waals surface area contributed by atoms with E-state index in [-0.39, 0.29) is 0 Å². The Balaban J connectivity index is 2.84. The summed E-state index contributed by atoms with van der Waals surface area (Å²) in [4.78, 5) is 14.8. The molecule has 0 radical (unpaired) electrons. The van der Waals surface area contributed by atoms with Gasteiger partial charge in [0.25, 0.3) is 0 Å². The molecule has 0 bridgehead atoms. The fourth-order valence-corrected chi connectivity index (χ4v) is 1.60. The number of thiol groups is 1. The minimum absolute atomic E-state index is 0.319. The van der Waals surface area contributed by atoms with Gasteiger partial charge in [0.2, 0.25) is 0 Å². The van der Waals surface area contributed by atoms with E-state index in [1.807, 2.05) is 6.92 Å². The van der Waals surface area contributed by atoms with Gasteiger partial charge < -0.3 is 10.8 Å². The molecule has 1 aromatic rings. The van der Waals surface area contributed by atoms with Crippen LogP contribution in [0.3, 0.4) is 0 Å². The van der Waals surface area contributed by atoms with Crippen LogP contribution in [0.4, 0.5) is 5.82 Å². The minimum atomic E-state index is -0.832. The molecule has 5 heteroatoms. The molecule has 0 amide bonds. The number of aryl methyl sites for hydroxylation is 1. The first-order chi connectivity index (χ1) is 7.04. The van der Waals surface area contributed by atoms with Gasteiger partial charge in [-0.3, -0.25) is 4.79 Å². The van der Waals surface area contributed by atoms with Gasteiger partial charge in [-0.05, 0) is 30.5 Å². The van der Waals surface area contributed by atoms with E-state index in [1.165, 1.54) is 0 Å². The Morgan fingerprint density at radius 1 is 1.73 bits per heavy atom. The molecule has 15 heavy (non-hydrogen) atoms. The van der Waals surface area contributed by atoms with E-state index in [9.17, 15) is 4.79 Å². The van der Waals surface area contributed by atoms with Crippen molar-refractivity contribution in [1.82, 2.24) is 4.98 Å². The zero-order valence-electron chi connectivity index (χ0n) is 8.47. The molecule has 1 rings (SSSR count). The largest absolute Gasteiger partial charge is 0.481 e. The Hall–Kier alpha value is -1.23. The zero-order valence-corrected chi connectivity index (χ0v) is 9.37. The molecule has 0 aliphatic heterocycles. The molecule has 82 valence electrons. The third-order valence-electron chi connectivity index (χ3n) is 2.28. The van der Waals surface area contributed by atoms with Crippen LogP contribution in [0, 0.1) is 12.8 Å². The lowest BCUT2D eigenvalue weighted by Gasteiger charge is -2.11. The van der Waals surface area contributed by atoms with E-state index in [0.717, 1.165) is 11.1 Å². The van der Waals surface area contributed by atoms with Crippen molar-refractivity contribution in [2.24, 2.45) is 5.92 Å². The van der Waals surface area contributed by atoms with Gasteiger partial charge in [0, 0.05) is 11.9 Å². The first-order valence-corrected chi connectivity index (χ1v) is 5.22. The van der Waals surface area contributed by atoms with Gasteiger partial charge in [-0.25, -0.2) is 4.98 Å². The van der Waals surface area contributed by atoms with E-state index in [0.29, 0.717) is 18.0 Å². The van der Waals surface area contributed by atoms with Crippen LogP contribution in [0.15, 0.2) is 12.3 Å². The summed E-state index contributed by atoms with van der Waals surface area (Å²) in [6, 6.07) is 1.74. The number of hydrogen-bond acceptors (Lipinski definition) is 4. The molecule has 1 heterocycles. The number of aliphatic carboxylic acids is 1. The van der Waals surface area contributed by atoms with Gasteiger partial charge in [-0.1, -0.05) is 0 Å². The summed E-state index contributed by atoms with van der Waals surface area (Å²) in [6.45, 7) is 1.89. The Morgan fingerprint density at radius 2 is 2.40 bits per heavy atom. The van der Waals surface area contributed by atoms with Gasteiger partial charge in [-0.2, -0.15) is 12.6 Å². The van der Waals surface area contributed by atoms with E-state index >= 15 is 0 Å². The first kappa shape index (κ1) is 11.8. The molecule has 3 N–H and O–H groups in total. The second-order valence-corrected chi connectivity index (χ2v) is 3.82. The maximum Gasteiger partial charge on any atom is 0.307 e. The average molecular weight is 226 g/mol. The summed E-state index contributed by atoms with van der Waals surface area (Å²) in [7, 11) is 0. The van der Waals surface area contributed by atoms with Crippen molar-refractivity contribution in [1.29, 1.82) is 0 Å². The normalized spacial score (nSPS) is 12.4. The molecule has 0 aromatic carbocycles. The molecule has 0 aliphatic carbocycles. The number of anilines is 1. The van der Waals surface area contributed by atoms with Crippen LogP contribution in [0.5, 0.6) is 0 Å². The second kappa shape index (κ2) is 5.02. The fraction of sp³-hybridized carbons (Fsp3) is 0.400. The molecule has 1 unspecified atom stereocenters. The summed E-state index contributed by atoms with van der Waals surface area (Å²) in [5, 5.41) is 8.89. The Kier molecular flexibility index (Phi) is 3.96. The van der Waals surface area contributed by atoms with E-state index in [2.05, 4.69) is 17.6 Å². The van der Waals surface area contributed by atoms with Crippen LogP contribution in [-0.4, -0.2) is 21.8 Å². The molecular weight excluding hydrogens is 212 g/mol.